The molecule has 1 aromatic heterocycles. The van der Waals surface area contributed by atoms with Gasteiger partial charge in [0.15, 0.2) is 5.82 Å². The minimum atomic E-state index is -0.201. The van der Waals surface area contributed by atoms with Crippen molar-refractivity contribution in [2.45, 2.75) is 20.4 Å². The van der Waals surface area contributed by atoms with Gasteiger partial charge in [-0.2, -0.15) is 0 Å². The van der Waals surface area contributed by atoms with Crippen molar-refractivity contribution in [1.82, 2.24) is 15.3 Å². The third kappa shape index (κ3) is 4.54. The molecule has 5 nitrogen and oxygen atoms in total. The molecular weight excluding hydrogens is 365 g/mol. The van der Waals surface area contributed by atoms with Gasteiger partial charge in [0.05, 0.1) is 0 Å². The Hall–Kier alpha value is -2.99. The number of hydrogen-bond acceptors (Lipinski definition) is 5. The number of rotatable bonds is 5. The highest BCUT2D eigenvalue weighted by atomic mass is 19.1. The van der Waals surface area contributed by atoms with Crippen LogP contribution in [0.25, 0.3) is 11.4 Å². The molecule has 2 aromatic carbocycles. The molecule has 3 aromatic rings. The van der Waals surface area contributed by atoms with Gasteiger partial charge in [-0.3, -0.25) is 0 Å². The lowest BCUT2D eigenvalue weighted by molar-refractivity contribution is 0.589. The summed E-state index contributed by atoms with van der Waals surface area (Å²) in [7, 11) is 0. The molecule has 6 heteroatoms. The van der Waals surface area contributed by atoms with E-state index in [-0.39, 0.29) is 5.82 Å². The van der Waals surface area contributed by atoms with Gasteiger partial charge in [-0.25, -0.2) is 14.4 Å². The lowest BCUT2D eigenvalue weighted by Crippen LogP contribution is -2.43. The monoisotopic (exact) mass is 391 g/mol. The molecule has 1 aliphatic rings. The third-order valence-corrected chi connectivity index (χ3v) is 5.23. The highest BCUT2D eigenvalue weighted by molar-refractivity contribution is 5.62. The zero-order valence-corrected chi connectivity index (χ0v) is 16.9. The summed E-state index contributed by atoms with van der Waals surface area (Å²) >= 11 is 0. The average molecular weight is 391 g/mol. The Kier molecular flexibility index (Phi) is 5.71. The minimum Gasteiger partial charge on any atom is -0.369 e. The summed E-state index contributed by atoms with van der Waals surface area (Å²) in [5.41, 5.74) is 4.65. The Morgan fingerprint density at radius 3 is 2.55 bits per heavy atom. The van der Waals surface area contributed by atoms with E-state index in [4.69, 9.17) is 0 Å². The number of nitrogens with one attached hydrogen (secondary N) is 2. The Bertz CT molecular complexity index is 981. The van der Waals surface area contributed by atoms with Crippen LogP contribution in [0.2, 0.25) is 0 Å². The van der Waals surface area contributed by atoms with Gasteiger partial charge in [-0.15, -0.1) is 0 Å². The first-order chi connectivity index (χ1) is 14.1. The second-order valence-electron chi connectivity index (χ2n) is 7.46. The van der Waals surface area contributed by atoms with Gasteiger partial charge in [0, 0.05) is 61.3 Å². The summed E-state index contributed by atoms with van der Waals surface area (Å²) in [6.45, 7) is 8.28. The van der Waals surface area contributed by atoms with Crippen molar-refractivity contribution in [1.29, 1.82) is 0 Å². The number of piperazine rings is 1. The molecule has 1 saturated heterocycles. The Morgan fingerprint density at radius 2 is 1.83 bits per heavy atom. The van der Waals surface area contributed by atoms with Crippen molar-refractivity contribution in [3.05, 3.63) is 71.2 Å². The second kappa shape index (κ2) is 8.57. The molecule has 0 spiro atoms. The van der Waals surface area contributed by atoms with Gasteiger partial charge in [0.25, 0.3) is 0 Å². The van der Waals surface area contributed by atoms with Crippen LogP contribution in [-0.2, 0) is 6.54 Å². The van der Waals surface area contributed by atoms with Gasteiger partial charge in [-0.05, 0) is 49.7 Å². The summed E-state index contributed by atoms with van der Waals surface area (Å²) in [6.07, 6.45) is 1.81. The maximum absolute atomic E-state index is 14.1. The van der Waals surface area contributed by atoms with E-state index in [0.717, 1.165) is 48.7 Å². The average Bonchev–Trinajstić information content (AvgIpc) is 2.75. The fraction of sp³-hybridized carbons (Fsp3) is 0.304. The van der Waals surface area contributed by atoms with E-state index in [1.807, 2.05) is 26.0 Å². The molecule has 0 radical (unpaired) electrons. The lowest BCUT2D eigenvalue weighted by Gasteiger charge is -2.29. The largest absolute Gasteiger partial charge is 0.369 e. The van der Waals surface area contributed by atoms with Crippen molar-refractivity contribution < 1.29 is 4.39 Å². The van der Waals surface area contributed by atoms with Crippen molar-refractivity contribution in [3.63, 3.8) is 0 Å². The van der Waals surface area contributed by atoms with E-state index in [2.05, 4.69) is 49.8 Å². The number of anilines is 2. The first-order valence-electron chi connectivity index (χ1n) is 9.99. The number of aromatic nitrogens is 2. The molecule has 0 amide bonds. The molecule has 0 atom stereocenters. The van der Waals surface area contributed by atoms with Crippen LogP contribution in [0.3, 0.4) is 0 Å². The first-order valence-corrected chi connectivity index (χ1v) is 9.99. The van der Waals surface area contributed by atoms with Crippen LogP contribution in [0.15, 0.2) is 48.7 Å². The van der Waals surface area contributed by atoms with E-state index in [1.165, 1.54) is 5.69 Å². The molecule has 0 unspecified atom stereocenters. The van der Waals surface area contributed by atoms with Crippen molar-refractivity contribution >= 4 is 11.5 Å². The molecule has 150 valence electrons. The predicted octanol–water partition coefficient (Wildman–Crippen LogP) is 3.92. The van der Waals surface area contributed by atoms with E-state index in [9.17, 15) is 4.39 Å². The summed E-state index contributed by atoms with van der Waals surface area (Å²) in [6, 6.07) is 13.6. The number of hydrogen-bond donors (Lipinski definition) is 2. The highest BCUT2D eigenvalue weighted by Gasteiger charge is 2.12. The van der Waals surface area contributed by atoms with Crippen LogP contribution in [0.4, 0.5) is 15.9 Å². The third-order valence-electron chi connectivity index (χ3n) is 5.23. The summed E-state index contributed by atoms with van der Waals surface area (Å²) in [4.78, 5) is 11.5. The quantitative estimate of drug-likeness (QED) is 0.690. The predicted molar refractivity (Wildman–Crippen MR) is 116 cm³/mol. The molecule has 4 rings (SSSR count). The van der Waals surface area contributed by atoms with Crippen LogP contribution >= 0.6 is 0 Å². The summed E-state index contributed by atoms with van der Waals surface area (Å²) in [5.74, 6) is 1.18. The fourth-order valence-electron chi connectivity index (χ4n) is 3.48. The Morgan fingerprint density at radius 1 is 1.07 bits per heavy atom. The van der Waals surface area contributed by atoms with Gasteiger partial charge >= 0.3 is 0 Å². The maximum atomic E-state index is 14.1. The zero-order valence-electron chi connectivity index (χ0n) is 16.9. The molecule has 2 N–H and O–H groups in total. The van der Waals surface area contributed by atoms with E-state index in [1.54, 1.807) is 12.3 Å². The van der Waals surface area contributed by atoms with Crippen LogP contribution in [0.5, 0.6) is 0 Å². The molecule has 29 heavy (non-hydrogen) atoms. The normalized spacial score (nSPS) is 14.1. The Balaban J connectivity index is 1.50. The first kappa shape index (κ1) is 19.3. The lowest BCUT2D eigenvalue weighted by atomic mass is 10.1. The number of halogens is 1. The van der Waals surface area contributed by atoms with Gasteiger partial charge < -0.3 is 15.5 Å². The summed E-state index contributed by atoms with van der Waals surface area (Å²) in [5, 5.41) is 6.63. The van der Waals surface area contributed by atoms with Crippen LogP contribution < -0.4 is 15.5 Å². The van der Waals surface area contributed by atoms with Crippen LogP contribution in [0.1, 0.15) is 16.7 Å². The van der Waals surface area contributed by atoms with Gasteiger partial charge in [-0.1, -0.05) is 12.1 Å². The second-order valence-corrected chi connectivity index (χ2v) is 7.46. The highest BCUT2D eigenvalue weighted by Crippen LogP contribution is 2.23. The van der Waals surface area contributed by atoms with Crippen molar-refractivity contribution in [3.8, 4) is 11.4 Å². The Labute approximate surface area is 171 Å². The number of nitrogens with zero attached hydrogens (tertiary/aromatic N) is 3. The molecular formula is C23H26FN5. The van der Waals surface area contributed by atoms with Crippen LogP contribution in [-0.4, -0.2) is 36.1 Å². The topological polar surface area (TPSA) is 53.1 Å². The summed E-state index contributed by atoms with van der Waals surface area (Å²) < 4.78 is 14.1. The van der Waals surface area contributed by atoms with E-state index >= 15 is 0 Å². The zero-order chi connectivity index (χ0) is 20.2. The van der Waals surface area contributed by atoms with Crippen molar-refractivity contribution in [2.75, 3.05) is 36.4 Å². The molecule has 0 bridgehead atoms. The molecule has 2 heterocycles. The molecule has 1 fully saturated rings. The number of benzene rings is 2. The van der Waals surface area contributed by atoms with Crippen molar-refractivity contribution in [2.24, 2.45) is 0 Å². The number of aryl methyl sites for hydroxylation is 2. The van der Waals surface area contributed by atoms with Crippen LogP contribution in [0, 0.1) is 19.7 Å². The molecule has 1 aliphatic heterocycles. The van der Waals surface area contributed by atoms with E-state index < -0.39 is 0 Å². The molecule has 0 saturated carbocycles. The maximum Gasteiger partial charge on any atom is 0.161 e. The standard InChI is InChI=1S/C23H26FN5/c1-16-3-4-19(21(24)13-16)15-27-22-17(2)14-26-23(28-22)18-5-7-20(8-6-18)29-11-9-25-10-12-29/h3-8,13-14,25H,9-12,15H2,1-2H3,(H,26,27,28). The van der Waals surface area contributed by atoms with Gasteiger partial charge in [0.2, 0.25) is 0 Å². The fourth-order valence-corrected chi connectivity index (χ4v) is 3.48. The van der Waals surface area contributed by atoms with Gasteiger partial charge in [0.1, 0.15) is 11.6 Å². The smallest absolute Gasteiger partial charge is 0.161 e. The minimum absolute atomic E-state index is 0.201. The SMILES string of the molecule is Cc1ccc(CNc2nc(-c3ccc(N4CCNCC4)cc3)ncc2C)c(F)c1. The van der Waals surface area contributed by atoms with E-state index in [0.29, 0.717) is 17.9 Å². The molecule has 0 aliphatic carbocycles.